The molecule has 8 heteroatoms. The Labute approximate surface area is 107 Å². The van der Waals surface area contributed by atoms with Gasteiger partial charge in [-0.1, -0.05) is 13.3 Å². The van der Waals surface area contributed by atoms with Gasteiger partial charge in [-0.25, -0.2) is 14.8 Å². The summed E-state index contributed by atoms with van der Waals surface area (Å²) in [7, 11) is 0. The first-order chi connectivity index (χ1) is 8.74. The third-order valence-electron chi connectivity index (χ3n) is 2.32. The van der Waals surface area contributed by atoms with Crippen LogP contribution in [0.5, 0.6) is 0 Å². The number of hydrogen-bond acceptors (Lipinski definition) is 4. The van der Waals surface area contributed by atoms with E-state index in [0.717, 1.165) is 6.07 Å². The van der Waals surface area contributed by atoms with Crippen LogP contribution in [0, 0.1) is 6.92 Å². The number of rotatable bonds is 5. The number of alkyl halides is 3. The summed E-state index contributed by atoms with van der Waals surface area (Å²) in [4.78, 5) is 18.0. The molecule has 1 atom stereocenters. The molecular weight excluding hydrogens is 263 g/mol. The quantitative estimate of drug-likeness (QED) is 0.864. The van der Waals surface area contributed by atoms with E-state index in [9.17, 15) is 18.0 Å². The van der Waals surface area contributed by atoms with E-state index in [1.807, 2.05) is 0 Å². The van der Waals surface area contributed by atoms with E-state index in [-0.39, 0.29) is 18.1 Å². The van der Waals surface area contributed by atoms with Crippen molar-refractivity contribution in [2.75, 3.05) is 5.32 Å². The maximum atomic E-state index is 12.6. The number of nitrogens with zero attached hydrogens (tertiary/aromatic N) is 2. The first kappa shape index (κ1) is 15.2. The van der Waals surface area contributed by atoms with Crippen LogP contribution in [-0.4, -0.2) is 27.1 Å². The van der Waals surface area contributed by atoms with Crippen molar-refractivity contribution in [1.82, 2.24) is 9.97 Å². The van der Waals surface area contributed by atoms with Gasteiger partial charge in [0.2, 0.25) is 5.95 Å². The van der Waals surface area contributed by atoms with Crippen molar-refractivity contribution < 1.29 is 23.1 Å². The number of aromatic nitrogens is 2. The minimum atomic E-state index is -4.59. The van der Waals surface area contributed by atoms with Gasteiger partial charge < -0.3 is 10.4 Å². The standard InChI is InChI=1S/C11H14F3N3O2/c1-3-4-7(9(18)19)16-10-15-6(2)5-8(17-10)11(12,13)14/h5,7H,3-4H2,1-2H3,(H,18,19)(H,15,16,17). The molecule has 1 heterocycles. The van der Waals surface area contributed by atoms with E-state index in [2.05, 4.69) is 15.3 Å². The fourth-order valence-corrected chi connectivity index (χ4v) is 1.48. The smallest absolute Gasteiger partial charge is 0.433 e. The Hall–Kier alpha value is -1.86. The highest BCUT2D eigenvalue weighted by Crippen LogP contribution is 2.28. The van der Waals surface area contributed by atoms with Gasteiger partial charge in [0, 0.05) is 5.69 Å². The van der Waals surface area contributed by atoms with Crippen molar-refractivity contribution in [2.24, 2.45) is 0 Å². The highest BCUT2D eigenvalue weighted by atomic mass is 19.4. The molecule has 106 valence electrons. The molecular formula is C11H14F3N3O2. The van der Waals surface area contributed by atoms with E-state index in [4.69, 9.17) is 5.11 Å². The van der Waals surface area contributed by atoms with E-state index >= 15 is 0 Å². The molecule has 0 saturated carbocycles. The van der Waals surface area contributed by atoms with Crippen molar-refractivity contribution in [3.05, 3.63) is 17.5 Å². The lowest BCUT2D eigenvalue weighted by Crippen LogP contribution is -2.30. The summed E-state index contributed by atoms with van der Waals surface area (Å²) in [6.45, 7) is 3.16. The van der Waals surface area contributed by atoms with Crippen molar-refractivity contribution >= 4 is 11.9 Å². The molecule has 0 aliphatic heterocycles. The van der Waals surface area contributed by atoms with Crippen molar-refractivity contribution in [3.8, 4) is 0 Å². The summed E-state index contributed by atoms with van der Waals surface area (Å²) in [6.07, 6.45) is -3.75. The highest BCUT2D eigenvalue weighted by molar-refractivity contribution is 5.76. The zero-order chi connectivity index (χ0) is 14.6. The molecule has 5 nitrogen and oxygen atoms in total. The first-order valence-corrected chi connectivity index (χ1v) is 5.66. The monoisotopic (exact) mass is 277 g/mol. The predicted octanol–water partition coefficient (Wildman–Crippen LogP) is 2.47. The topological polar surface area (TPSA) is 75.1 Å². The Morgan fingerprint density at radius 1 is 1.47 bits per heavy atom. The van der Waals surface area contributed by atoms with Gasteiger partial charge in [0.15, 0.2) is 0 Å². The van der Waals surface area contributed by atoms with Crippen molar-refractivity contribution in [3.63, 3.8) is 0 Å². The molecule has 0 spiro atoms. The van der Waals surface area contributed by atoms with E-state index in [0.29, 0.717) is 6.42 Å². The van der Waals surface area contributed by atoms with Gasteiger partial charge in [0.1, 0.15) is 11.7 Å². The summed E-state index contributed by atoms with van der Waals surface area (Å²) >= 11 is 0. The van der Waals surface area contributed by atoms with Gasteiger partial charge in [-0.2, -0.15) is 13.2 Å². The number of halogens is 3. The van der Waals surface area contributed by atoms with Gasteiger partial charge in [-0.05, 0) is 19.4 Å². The number of nitrogens with one attached hydrogen (secondary N) is 1. The van der Waals surface area contributed by atoms with Crippen LogP contribution in [0.2, 0.25) is 0 Å². The van der Waals surface area contributed by atoms with Crippen LogP contribution in [0.1, 0.15) is 31.2 Å². The van der Waals surface area contributed by atoms with E-state index in [1.165, 1.54) is 6.92 Å². The lowest BCUT2D eigenvalue weighted by atomic mass is 10.2. The van der Waals surface area contributed by atoms with Crippen LogP contribution in [0.4, 0.5) is 19.1 Å². The lowest BCUT2D eigenvalue weighted by Gasteiger charge is -2.15. The minimum Gasteiger partial charge on any atom is -0.480 e. The second-order valence-electron chi connectivity index (χ2n) is 4.04. The van der Waals surface area contributed by atoms with Crippen molar-refractivity contribution in [1.29, 1.82) is 0 Å². The molecule has 0 amide bonds. The summed E-state index contributed by atoms with van der Waals surface area (Å²) in [5.74, 6) is -1.48. The van der Waals surface area contributed by atoms with Gasteiger partial charge in [0.25, 0.3) is 0 Å². The summed E-state index contributed by atoms with van der Waals surface area (Å²) in [5.41, 5.74) is -0.978. The Morgan fingerprint density at radius 2 is 2.11 bits per heavy atom. The summed E-state index contributed by atoms with van der Waals surface area (Å²) < 4.78 is 37.7. The Bertz CT molecular complexity index is 463. The zero-order valence-corrected chi connectivity index (χ0v) is 10.5. The molecule has 1 aromatic rings. The van der Waals surface area contributed by atoms with Crippen LogP contribution in [0.25, 0.3) is 0 Å². The van der Waals surface area contributed by atoms with Gasteiger partial charge >= 0.3 is 12.1 Å². The molecule has 0 fully saturated rings. The summed E-state index contributed by atoms with van der Waals surface area (Å²) in [5, 5.41) is 11.3. The van der Waals surface area contributed by atoms with Crippen LogP contribution in [0.15, 0.2) is 6.07 Å². The molecule has 1 rings (SSSR count). The number of carboxylic acid groups (broad SMARTS) is 1. The maximum Gasteiger partial charge on any atom is 0.433 e. The first-order valence-electron chi connectivity index (χ1n) is 5.66. The predicted molar refractivity (Wildman–Crippen MR) is 61.7 cm³/mol. The third kappa shape index (κ3) is 4.38. The summed E-state index contributed by atoms with van der Waals surface area (Å²) in [6, 6.07) is -0.200. The lowest BCUT2D eigenvalue weighted by molar-refractivity contribution is -0.141. The molecule has 0 radical (unpaired) electrons. The molecule has 0 aromatic carbocycles. The number of hydrogen-bond donors (Lipinski definition) is 2. The molecule has 1 unspecified atom stereocenters. The number of carboxylic acids is 1. The number of anilines is 1. The highest BCUT2D eigenvalue weighted by Gasteiger charge is 2.33. The molecule has 19 heavy (non-hydrogen) atoms. The van der Waals surface area contributed by atoms with Crippen LogP contribution in [-0.2, 0) is 11.0 Å². The third-order valence-corrected chi connectivity index (χ3v) is 2.32. The second-order valence-corrected chi connectivity index (χ2v) is 4.04. The molecule has 0 saturated heterocycles. The minimum absolute atomic E-state index is 0.116. The van der Waals surface area contributed by atoms with Crippen LogP contribution >= 0.6 is 0 Å². The average molecular weight is 277 g/mol. The molecule has 1 aromatic heterocycles. The SMILES string of the molecule is CCCC(Nc1nc(C)cc(C(F)(F)F)n1)C(=O)O. The zero-order valence-electron chi connectivity index (χ0n) is 10.5. The number of aryl methyl sites for hydroxylation is 1. The molecule has 0 aliphatic rings. The van der Waals surface area contributed by atoms with Gasteiger partial charge in [-0.3, -0.25) is 0 Å². The maximum absolute atomic E-state index is 12.6. The average Bonchev–Trinajstić information content (AvgIpc) is 2.26. The Balaban J connectivity index is 3.00. The largest absolute Gasteiger partial charge is 0.480 e. The van der Waals surface area contributed by atoms with E-state index < -0.39 is 23.9 Å². The Kier molecular flexibility index (Phi) is 4.68. The molecule has 2 N–H and O–H groups in total. The number of aliphatic carboxylic acids is 1. The fourth-order valence-electron chi connectivity index (χ4n) is 1.48. The van der Waals surface area contributed by atoms with Gasteiger partial charge in [0.05, 0.1) is 0 Å². The molecule has 0 aliphatic carbocycles. The van der Waals surface area contributed by atoms with E-state index in [1.54, 1.807) is 6.92 Å². The number of carbonyl (C=O) groups is 1. The van der Waals surface area contributed by atoms with Crippen LogP contribution < -0.4 is 5.32 Å². The van der Waals surface area contributed by atoms with Crippen LogP contribution in [0.3, 0.4) is 0 Å². The molecule has 0 bridgehead atoms. The van der Waals surface area contributed by atoms with Crippen molar-refractivity contribution in [2.45, 2.75) is 38.9 Å². The Morgan fingerprint density at radius 3 is 2.58 bits per heavy atom. The van der Waals surface area contributed by atoms with Gasteiger partial charge in [-0.15, -0.1) is 0 Å². The normalized spacial score (nSPS) is 13.1. The second kappa shape index (κ2) is 5.85. The fraction of sp³-hybridized carbons (Fsp3) is 0.545.